The minimum atomic E-state index is -0.0521. The van der Waals surface area contributed by atoms with Crippen LogP contribution in [0.15, 0.2) is 5.16 Å². The number of nitrogens with one attached hydrogen (secondary N) is 1. The number of nitrogens with two attached hydrogens (primary N) is 1. The van der Waals surface area contributed by atoms with Gasteiger partial charge in [0, 0.05) is 12.6 Å². The van der Waals surface area contributed by atoms with E-state index in [1.165, 1.54) is 0 Å². The van der Waals surface area contributed by atoms with Crippen LogP contribution in [0.2, 0.25) is 0 Å². The van der Waals surface area contributed by atoms with Crippen LogP contribution in [0.3, 0.4) is 0 Å². The summed E-state index contributed by atoms with van der Waals surface area (Å²) in [4.78, 5) is 2.15. The Morgan fingerprint density at radius 1 is 1.41 bits per heavy atom. The van der Waals surface area contributed by atoms with Gasteiger partial charge in [0.15, 0.2) is 5.84 Å². The molecule has 2 atom stereocenters. The monoisotopic (exact) mass is 244 g/mol. The molecule has 0 aromatic rings. The Labute approximate surface area is 105 Å². The van der Waals surface area contributed by atoms with E-state index in [1.54, 1.807) is 0 Å². The Morgan fingerprint density at radius 3 is 2.35 bits per heavy atom. The van der Waals surface area contributed by atoms with Crippen LogP contribution in [-0.2, 0) is 0 Å². The molecule has 0 amide bonds. The Bertz CT molecular complexity index is 219. The maximum atomic E-state index is 8.73. The molecule has 2 unspecified atom stereocenters. The molecule has 17 heavy (non-hydrogen) atoms. The van der Waals surface area contributed by atoms with E-state index in [1.807, 2.05) is 6.92 Å². The van der Waals surface area contributed by atoms with E-state index in [4.69, 9.17) is 10.9 Å². The Hall–Kier alpha value is -0.810. The maximum Gasteiger partial charge on any atom is 0.156 e. The molecule has 0 spiro atoms. The molecule has 0 saturated carbocycles. The fourth-order valence-corrected chi connectivity index (χ4v) is 1.97. The van der Waals surface area contributed by atoms with Crippen molar-refractivity contribution in [1.29, 1.82) is 0 Å². The number of likely N-dealkylation sites (N-methyl/N-ethyl adjacent to an activating group) is 1. The SMILES string of the molecule is CCC(NC(CC(C)C)CN(C)C)C(N)=NO. The first kappa shape index (κ1) is 16.2. The smallest absolute Gasteiger partial charge is 0.156 e. The lowest BCUT2D eigenvalue weighted by Crippen LogP contribution is -2.49. The van der Waals surface area contributed by atoms with Crippen molar-refractivity contribution in [2.45, 2.75) is 45.7 Å². The number of hydrogen-bond acceptors (Lipinski definition) is 4. The Balaban J connectivity index is 4.47. The van der Waals surface area contributed by atoms with Crippen LogP contribution in [-0.4, -0.2) is 48.7 Å². The maximum absolute atomic E-state index is 8.73. The average Bonchev–Trinajstić information content (AvgIpc) is 2.22. The third-order valence-electron chi connectivity index (χ3n) is 2.66. The highest BCUT2D eigenvalue weighted by Gasteiger charge is 2.18. The summed E-state index contributed by atoms with van der Waals surface area (Å²) in [6.45, 7) is 7.38. The molecule has 102 valence electrons. The standard InChI is InChI=1S/C12H28N4O/c1-6-11(12(13)15-17)14-10(7-9(2)3)8-16(4)5/h9-11,14,17H,6-8H2,1-5H3,(H2,13,15). The molecule has 0 aromatic carbocycles. The van der Waals surface area contributed by atoms with Gasteiger partial charge in [-0.3, -0.25) is 0 Å². The Morgan fingerprint density at radius 2 is 2.00 bits per heavy atom. The van der Waals surface area contributed by atoms with Gasteiger partial charge in [-0.25, -0.2) is 0 Å². The molecule has 0 aliphatic heterocycles. The van der Waals surface area contributed by atoms with Crippen molar-refractivity contribution >= 4 is 5.84 Å². The molecular formula is C12H28N4O. The molecule has 0 fully saturated rings. The summed E-state index contributed by atoms with van der Waals surface area (Å²) in [6, 6.07) is 0.305. The van der Waals surface area contributed by atoms with Crippen molar-refractivity contribution in [3.8, 4) is 0 Å². The molecule has 5 heteroatoms. The normalized spacial score (nSPS) is 16.5. The predicted molar refractivity (Wildman–Crippen MR) is 72.4 cm³/mol. The lowest BCUT2D eigenvalue weighted by atomic mass is 10.0. The van der Waals surface area contributed by atoms with Gasteiger partial charge in [0.05, 0.1) is 6.04 Å². The van der Waals surface area contributed by atoms with Crippen molar-refractivity contribution in [3.63, 3.8) is 0 Å². The van der Waals surface area contributed by atoms with E-state index in [-0.39, 0.29) is 11.9 Å². The van der Waals surface area contributed by atoms with E-state index in [0.717, 1.165) is 19.4 Å². The second kappa shape index (κ2) is 8.31. The van der Waals surface area contributed by atoms with Gasteiger partial charge in [0.2, 0.25) is 0 Å². The molecule has 0 bridgehead atoms. The minimum absolute atomic E-state index is 0.0521. The molecule has 0 heterocycles. The van der Waals surface area contributed by atoms with Crippen molar-refractivity contribution < 1.29 is 5.21 Å². The predicted octanol–water partition coefficient (Wildman–Crippen LogP) is 1.08. The third-order valence-corrected chi connectivity index (χ3v) is 2.66. The van der Waals surface area contributed by atoms with Gasteiger partial charge in [-0.1, -0.05) is 25.9 Å². The quantitative estimate of drug-likeness (QED) is 0.258. The summed E-state index contributed by atoms with van der Waals surface area (Å²) in [5, 5.41) is 15.3. The molecule has 4 N–H and O–H groups in total. The van der Waals surface area contributed by atoms with E-state index < -0.39 is 0 Å². The highest BCUT2D eigenvalue weighted by molar-refractivity contribution is 5.85. The summed E-state index contributed by atoms with van der Waals surface area (Å²) in [5.41, 5.74) is 5.66. The van der Waals surface area contributed by atoms with E-state index >= 15 is 0 Å². The van der Waals surface area contributed by atoms with E-state index in [0.29, 0.717) is 12.0 Å². The number of hydrogen-bond donors (Lipinski definition) is 3. The first-order chi connectivity index (χ1) is 7.90. The molecule has 0 aliphatic carbocycles. The van der Waals surface area contributed by atoms with Crippen LogP contribution < -0.4 is 11.1 Å². The first-order valence-electron chi connectivity index (χ1n) is 6.28. The third kappa shape index (κ3) is 7.18. The molecule has 0 saturated heterocycles. The molecule has 0 aromatic heterocycles. The molecule has 0 aliphatic rings. The number of rotatable bonds is 8. The van der Waals surface area contributed by atoms with Crippen LogP contribution >= 0.6 is 0 Å². The summed E-state index contributed by atoms with van der Waals surface area (Å²) in [7, 11) is 4.11. The molecule has 0 radical (unpaired) electrons. The summed E-state index contributed by atoms with van der Waals surface area (Å²) in [6.07, 6.45) is 1.89. The van der Waals surface area contributed by atoms with Gasteiger partial charge >= 0.3 is 0 Å². The zero-order valence-corrected chi connectivity index (χ0v) is 11.8. The van der Waals surface area contributed by atoms with Gasteiger partial charge in [-0.2, -0.15) is 0 Å². The fraction of sp³-hybridized carbons (Fsp3) is 0.917. The zero-order valence-electron chi connectivity index (χ0n) is 11.8. The van der Waals surface area contributed by atoms with Gasteiger partial charge in [0.1, 0.15) is 0 Å². The average molecular weight is 244 g/mol. The fourth-order valence-electron chi connectivity index (χ4n) is 1.97. The van der Waals surface area contributed by atoms with Crippen molar-refractivity contribution in [1.82, 2.24) is 10.2 Å². The minimum Gasteiger partial charge on any atom is -0.409 e. The number of nitrogens with zero attached hydrogens (tertiary/aromatic N) is 2. The van der Waals surface area contributed by atoms with Crippen molar-refractivity contribution in [2.24, 2.45) is 16.8 Å². The van der Waals surface area contributed by atoms with Crippen molar-refractivity contribution in [3.05, 3.63) is 0 Å². The number of amidine groups is 1. The molecule has 0 rings (SSSR count). The zero-order chi connectivity index (χ0) is 13.4. The van der Waals surface area contributed by atoms with E-state index in [9.17, 15) is 0 Å². The highest BCUT2D eigenvalue weighted by Crippen LogP contribution is 2.07. The molecular weight excluding hydrogens is 216 g/mol. The summed E-state index contributed by atoms with van der Waals surface area (Å²) >= 11 is 0. The van der Waals surface area contributed by atoms with Gasteiger partial charge < -0.3 is 21.2 Å². The second-order valence-corrected chi connectivity index (χ2v) is 5.24. The van der Waals surface area contributed by atoms with E-state index in [2.05, 4.69) is 43.3 Å². The van der Waals surface area contributed by atoms with Crippen LogP contribution in [0.5, 0.6) is 0 Å². The highest BCUT2D eigenvalue weighted by atomic mass is 16.4. The first-order valence-corrected chi connectivity index (χ1v) is 6.28. The molecule has 5 nitrogen and oxygen atoms in total. The number of oxime groups is 1. The van der Waals surface area contributed by atoms with Gasteiger partial charge in [0.25, 0.3) is 0 Å². The largest absolute Gasteiger partial charge is 0.409 e. The topological polar surface area (TPSA) is 73.9 Å². The van der Waals surface area contributed by atoms with Crippen LogP contribution in [0.25, 0.3) is 0 Å². The van der Waals surface area contributed by atoms with Gasteiger partial charge in [-0.05, 0) is 32.9 Å². The lowest BCUT2D eigenvalue weighted by molar-refractivity contribution is 0.289. The Kier molecular flexibility index (Phi) is 7.91. The van der Waals surface area contributed by atoms with Crippen molar-refractivity contribution in [2.75, 3.05) is 20.6 Å². The van der Waals surface area contributed by atoms with Crippen LogP contribution in [0.1, 0.15) is 33.6 Å². The second-order valence-electron chi connectivity index (χ2n) is 5.24. The summed E-state index contributed by atoms with van der Waals surface area (Å²) < 4.78 is 0. The summed E-state index contributed by atoms with van der Waals surface area (Å²) in [5.74, 6) is 0.886. The van der Waals surface area contributed by atoms with Crippen LogP contribution in [0.4, 0.5) is 0 Å². The van der Waals surface area contributed by atoms with Gasteiger partial charge in [-0.15, -0.1) is 0 Å². The lowest BCUT2D eigenvalue weighted by Gasteiger charge is -2.28. The van der Waals surface area contributed by atoms with Crippen LogP contribution in [0, 0.1) is 5.92 Å².